The van der Waals surface area contributed by atoms with Crippen LogP contribution < -0.4 is 10.6 Å². The van der Waals surface area contributed by atoms with Gasteiger partial charge in [0.2, 0.25) is 5.91 Å². The Morgan fingerprint density at radius 3 is 2.03 bits per heavy atom. The minimum absolute atomic E-state index is 0.0975. The molecule has 7 nitrogen and oxygen atoms in total. The van der Waals surface area contributed by atoms with Crippen LogP contribution in [-0.4, -0.2) is 37.2 Å². The number of carbonyl (C=O) groups excluding carboxylic acids is 3. The highest BCUT2D eigenvalue weighted by atomic mass is 16.5. The fourth-order valence-corrected chi connectivity index (χ4v) is 3.04. The molecule has 0 bridgehead atoms. The first-order valence-electron chi connectivity index (χ1n) is 10.3. The van der Waals surface area contributed by atoms with E-state index in [-0.39, 0.29) is 18.9 Å². The summed E-state index contributed by atoms with van der Waals surface area (Å²) in [4.78, 5) is 37.5. The predicted octanol–water partition coefficient (Wildman–Crippen LogP) is 3.23. The van der Waals surface area contributed by atoms with Gasteiger partial charge in [-0.25, -0.2) is 9.59 Å². The molecule has 0 aliphatic carbocycles. The van der Waals surface area contributed by atoms with Crippen molar-refractivity contribution in [3.8, 4) is 0 Å². The molecule has 0 radical (unpaired) electrons. The van der Waals surface area contributed by atoms with Crippen LogP contribution in [0.4, 0.5) is 4.79 Å². The number of methoxy groups -OCH3 is 1. The van der Waals surface area contributed by atoms with E-state index in [1.807, 2.05) is 74.5 Å². The number of alkyl carbamates (subject to hydrolysis) is 1. The van der Waals surface area contributed by atoms with Gasteiger partial charge in [0.25, 0.3) is 0 Å². The lowest BCUT2D eigenvalue weighted by Gasteiger charge is -2.25. The third kappa shape index (κ3) is 7.77. The Morgan fingerprint density at radius 1 is 0.903 bits per heavy atom. The monoisotopic (exact) mass is 426 g/mol. The van der Waals surface area contributed by atoms with Crippen LogP contribution in [0.1, 0.15) is 31.4 Å². The maximum absolute atomic E-state index is 13.0. The molecule has 31 heavy (non-hydrogen) atoms. The molecule has 0 heterocycles. The van der Waals surface area contributed by atoms with E-state index in [0.717, 1.165) is 11.1 Å². The van der Waals surface area contributed by atoms with Crippen LogP contribution in [0.15, 0.2) is 60.7 Å². The number of nitrogens with one attached hydrogen (secondary N) is 2. The molecule has 7 heteroatoms. The van der Waals surface area contributed by atoms with Crippen LogP contribution in [0.5, 0.6) is 0 Å². The van der Waals surface area contributed by atoms with Crippen molar-refractivity contribution >= 4 is 18.0 Å². The van der Waals surface area contributed by atoms with Crippen molar-refractivity contribution < 1.29 is 23.9 Å². The summed E-state index contributed by atoms with van der Waals surface area (Å²) in [7, 11) is 1.28. The Labute approximate surface area is 183 Å². The fourth-order valence-electron chi connectivity index (χ4n) is 3.04. The van der Waals surface area contributed by atoms with Crippen molar-refractivity contribution in [1.82, 2.24) is 10.6 Å². The average Bonchev–Trinajstić information content (AvgIpc) is 2.81. The standard InChI is InChI=1S/C24H30N2O5/c1-4-17(2)21(26-24(29)31-16-19-13-9-6-10-14-19)22(27)25-20(23(28)30-3)15-18-11-7-5-8-12-18/h5-14,17,20-21H,4,15-16H2,1-3H3,(H,25,27)(H,26,29)/t17-,20+,21-/m0/s1. The number of rotatable bonds is 10. The molecule has 2 N–H and O–H groups in total. The van der Waals surface area contributed by atoms with Crippen LogP contribution in [0.25, 0.3) is 0 Å². The molecule has 166 valence electrons. The first kappa shape index (κ1) is 23.9. The lowest BCUT2D eigenvalue weighted by Crippen LogP contribution is -2.54. The molecular formula is C24H30N2O5. The minimum Gasteiger partial charge on any atom is -0.467 e. The molecule has 0 saturated heterocycles. The number of hydrogen-bond donors (Lipinski definition) is 2. The summed E-state index contributed by atoms with van der Waals surface area (Å²) in [5.41, 5.74) is 1.73. The summed E-state index contributed by atoms with van der Waals surface area (Å²) in [6.45, 7) is 3.87. The smallest absolute Gasteiger partial charge is 0.408 e. The summed E-state index contributed by atoms with van der Waals surface area (Å²) in [6.07, 6.45) is 0.241. The number of ether oxygens (including phenoxy) is 2. The molecule has 0 aliphatic heterocycles. The van der Waals surface area contributed by atoms with Gasteiger partial charge in [-0.05, 0) is 17.0 Å². The van der Waals surface area contributed by atoms with E-state index < -0.39 is 30.1 Å². The Bertz CT molecular complexity index is 842. The zero-order chi connectivity index (χ0) is 22.6. The number of benzene rings is 2. The average molecular weight is 427 g/mol. The van der Waals surface area contributed by atoms with Crippen molar-refractivity contribution in [2.75, 3.05) is 7.11 Å². The van der Waals surface area contributed by atoms with E-state index >= 15 is 0 Å². The van der Waals surface area contributed by atoms with Gasteiger partial charge in [-0.15, -0.1) is 0 Å². The number of esters is 1. The number of amides is 2. The molecule has 0 aromatic heterocycles. The van der Waals surface area contributed by atoms with Gasteiger partial charge in [0.15, 0.2) is 0 Å². The molecule has 0 spiro atoms. The van der Waals surface area contributed by atoms with Crippen LogP contribution >= 0.6 is 0 Å². The van der Waals surface area contributed by atoms with Gasteiger partial charge >= 0.3 is 12.1 Å². The third-order valence-corrected chi connectivity index (χ3v) is 5.07. The molecule has 0 saturated carbocycles. The van der Waals surface area contributed by atoms with E-state index in [9.17, 15) is 14.4 Å². The molecular weight excluding hydrogens is 396 g/mol. The van der Waals surface area contributed by atoms with Gasteiger partial charge in [0, 0.05) is 6.42 Å². The molecule has 0 aliphatic rings. The number of carbonyl (C=O) groups is 3. The van der Waals surface area contributed by atoms with Crippen molar-refractivity contribution in [2.24, 2.45) is 5.92 Å². The third-order valence-electron chi connectivity index (χ3n) is 5.07. The fraction of sp³-hybridized carbons (Fsp3) is 0.375. The molecule has 3 atom stereocenters. The van der Waals surface area contributed by atoms with Crippen LogP contribution in [0.3, 0.4) is 0 Å². The van der Waals surface area contributed by atoms with Gasteiger partial charge in [0.05, 0.1) is 7.11 Å². The van der Waals surface area contributed by atoms with E-state index in [1.54, 1.807) is 0 Å². The van der Waals surface area contributed by atoms with Gasteiger partial charge in [-0.2, -0.15) is 0 Å². The zero-order valence-corrected chi connectivity index (χ0v) is 18.2. The van der Waals surface area contributed by atoms with Crippen LogP contribution in [0, 0.1) is 5.92 Å². The second-order valence-corrected chi connectivity index (χ2v) is 7.34. The maximum atomic E-state index is 13.0. The zero-order valence-electron chi connectivity index (χ0n) is 18.2. The van der Waals surface area contributed by atoms with Gasteiger partial charge in [-0.1, -0.05) is 80.9 Å². The minimum atomic E-state index is -0.867. The van der Waals surface area contributed by atoms with Crippen molar-refractivity contribution in [2.45, 2.75) is 45.4 Å². The Morgan fingerprint density at radius 2 is 1.48 bits per heavy atom. The summed E-state index contributed by atoms with van der Waals surface area (Å²) < 4.78 is 10.1. The van der Waals surface area contributed by atoms with E-state index in [4.69, 9.17) is 9.47 Å². The highest BCUT2D eigenvalue weighted by Crippen LogP contribution is 2.11. The second-order valence-electron chi connectivity index (χ2n) is 7.34. The van der Waals surface area contributed by atoms with E-state index in [2.05, 4.69) is 10.6 Å². The molecule has 2 rings (SSSR count). The summed E-state index contributed by atoms with van der Waals surface area (Å²) >= 11 is 0. The predicted molar refractivity (Wildman–Crippen MR) is 117 cm³/mol. The highest BCUT2D eigenvalue weighted by molar-refractivity contribution is 5.90. The Balaban J connectivity index is 2.03. The van der Waals surface area contributed by atoms with Crippen molar-refractivity contribution in [3.05, 3.63) is 71.8 Å². The first-order valence-corrected chi connectivity index (χ1v) is 10.3. The Kier molecular flexibility index (Phi) is 9.55. The Hall–Kier alpha value is -3.35. The summed E-state index contributed by atoms with van der Waals surface area (Å²) in [5.74, 6) is -1.18. The largest absolute Gasteiger partial charge is 0.467 e. The van der Waals surface area contributed by atoms with Crippen molar-refractivity contribution in [3.63, 3.8) is 0 Å². The quantitative estimate of drug-likeness (QED) is 0.569. The lowest BCUT2D eigenvalue weighted by atomic mass is 9.97. The maximum Gasteiger partial charge on any atom is 0.408 e. The van der Waals surface area contributed by atoms with Crippen LogP contribution in [-0.2, 0) is 32.1 Å². The molecule has 2 aromatic rings. The first-order chi connectivity index (χ1) is 14.9. The van der Waals surface area contributed by atoms with Gasteiger partial charge in [0.1, 0.15) is 18.7 Å². The molecule has 2 amide bonds. The lowest BCUT2D eigenvalue weighted by molar-refractivity contribution is -0.145. The van der Waals surface area contributed by atoms with Crippen molar-refractivity contribution in [1.29, 1.82) is 0 Å². The second kappa shape index (κ2) is 12.4. The molecule has 0 fully saturated rings. The summed E-state index contributed by atoms with van der Waals surface area (Å²) in [6, 6.07) is 16.9. The number of hydrogen-bond acceptors (Lipinski definition) is 5. The normalized spacial score (nSPS) is 13.4. The van der Waals surface area contributed by atoms with Gasteiger partial charge < -0.3 is 20.1 Å². The SMILES string of the molecule is CC[C@H](C)[C@H](NC(=O)OCc1ccccc1)C(=O)N[C@H](Cc1ccccc1)C(=O)OC. The summed E-state index contributed by atoms with van der Waals surface area (Å²) in [5, 5.41) is 5.37. The van der Waals surface area contributed by atoms with Gasteiger partial charge in [-0.3, -0.25) is 4.79 Å². The molecule has 0 unspecified atom stereocenters. The molecule has 2 aromatic carbocycles. The van der Waals surface area contributed by atoms with Crippen LogP contribution in [0.2, 0.25) is 0 Å². The highest BCUT2D eigenvalue weighted by Gasteiger charge is 2.30. The van der Waals surface area contributed by atoms with E-state index in [1.165, 1.54) is 7.11 Å². The van der Waals surface area contributed by atoms with E-state index in [0.29, 0.717) is 6.42 Å². The topological polar surface area (TPSA) is 93.7 Å².